The van der Waals surface area contributed by atoms with Crippen LogP contribution in [0.5, 0.6) is 0 Å². The second-order valence-electron chi connectivity index (χ2n) is 5.70. The van der Waals surface area contributed by atoms with Crippen LogP contribution >= 0.6 is 0 Å². The van der Waals surface area contributed by atoms with Gasteiger partial charge in [0.05, 0.1) is 12.7 Å². The summed E-state index contributed by atoms with van der Waals surface area (Å²) in [7, 11) is 3.18. The van der Waals surface area contributed by atoms with Gasteiger partial charge in [-0.15, -0.1) is 10.2 Å². The number of anilines is 3. The van der Waals surface area contributed by atoms with Crippen molar-refractivity contribution in [2.45, 2.75) is 0 Å². The number of aromatic nitrogens is 2. The number of methoxy groups -OCH3 is 1. The number of para-hydroxylation sites is 1. The lowest BCUT2D eigenvalue weighted by molar-refractivity contribution is 0.0600. The van der Waals surface area contributed by atoms with Gasteiger partial charge in [-0.25, -0.2) is 4.79 Å². The molecule has 3 rings (SSSR count). The number of benzene rings is 2. The predicted octanol–water partition coefficient (Wildman–Crippen LogP) is 3.28. The Kier molecular flexibility index (Phi) is 5.41. The van der Waals surface area contributed by atoms with Gasteiger partial charge in [-0.1, -0.05) is 24.3 Å². The van der Waals surface area contributed by atoms with E-state index in [4.69, 9.17) is 0 Å². The number of hydrogen-bond acceptors (Lipinski definition) is 6. The largest absolute Gasteiger partial charge is 0.465 e. The van der Waals surface area contributed by atoms with Gasteiger partial charge in [-0.05, 0) is 42.5 Å². The third kappa shape index (κ3) is 4.27. The van der Waals surface area contributed by atoms with Gasteiger partial charge in [-0.3, -0.25) is 4.79 Å². The van der Waals surface area contributed by atoms with Crippen molar-refractivity contribution >= 4 is 29.1 Å². The molecule has 0 saturated carbocycles. The van der Waals surface area contributed by atoms with Gasteiger partial charge in [0.1, 0.15) is 0 Å². The first-order valence-corrected chi connectivity index (χ1v) is 8.20. The number of nitrogens with zero attached hydrogens (tertiary/aromatic N) is 3. The number of carbonyl (C=O) groups excluding carboxylic acids is 2. The van der Waals surface area contributed by atoms with Crippen molar-refractivity contribution in [1.82, 2.24) is 10.2 Å². The van der Waals surface area contributed by atoms with E-state index in [1.165, 1.54) is 13.2 Å². The highest BCUT2D eigenvalue weighted by Gasteiger charge is 2.12. The lowest BCUT2D eigenvalue weighted by Gasteiger charge is -2.17. The number of nitrogens with one attached hydrogen (secondary N) is 1. The molecule has 0 aliphatic carbocycles. The Morgan fingerprint density at radius 2 is 1.74 bits per heavy atom. The molecule has 7 nitrogen and oxygen atoms in total. The number of rotatable bonds is 5. The highest BCUT2D eigenvalue weighted by molar-refractivity contribution is 6.03. The zero-order valence-electron chi connectivity index (χ0n) is 14.9. The number of amides is 1. The van der Waals surface area contributed by atoms with Gasteiger partial charge in [-0.2, -0.15) is 0 Å². The van der Waals surface area contributed by atoms with Crippen LogP contribution in [0, 0.1) is 0 Å². The molecule has 2 aromatic carbocycles. The van der Waals surface area contributed by atoms with E-state index in [2.05, 4.69) is 20.3 Å². The molecule has 0 bridgehead atoms. The predicted molar refractivity (Wildman–Crippen MR) is 102 cm³/mol. The average molecular weight is 362 g/mol. The molecule has 1 heterocycles. The molecule has 1 aromatic heterocycles. The maximum atomic E-state index is 12.4. The highest BCUT2D eigenvalue weighted by Crippen LogP contribution is 2.20. The van der Waals surface area contributed by atoms with Crippen LogP contribution in [0.4, 0.5) is 17.2 Å². The second kappa shape index (κ2) is 8.09. The molecule has 3 aromatic rings. The van der Waals surface area contributed by atoms with E-state index in [0.29, 0.717) is 17.1 Å². The van der Waals surface area contributed by atoms with Gasteiger partial charge in [0, 0.05) is 18.4 Å². The molecule has 27 heavy (non-hydrogen) atoms. The first-order chi connectivity index (χ1) is 13.1. The van der Waals surface area contributed by atoms with E-state index in [1.54, 1.807) is 30.3 Å². The van der Waals surface area contributed by atoms with E-state index in [0.717, 1.165) is 5.69 Å². The van der Waals surface area contributed by atoms with E-state index in [9.17, 15) is 9.59 Å². The molecule has 0 saturated heterocycles. The topological polar surface area (TPSA) is 84.4 Å². The summed E-state index contributed by atoms with van der Waals surface area (Å²) in [6.45, 7) is 0. The number of esters is 1. The molecule has 7 heteroatoms. The van der Waals surface area contributed by atoms with Gasteiger partial charge in [0.2, 0.25) is 0 Å². The zero-order valence-corrected chi connectivity index (χ0v) is 14.9. The molecule has 0 aliphatic heterocycles. The second-order valence-corrected chi connectivity index (χ2v) is 5.70. The van der Waals surface area contributed by atoms with E-state index >= 15 is 0 Å². The molecule has 0 atom stereocenters. The maximum absolute atomic E-state index is 12.4. The molecular formula is C20H18N4O3. The van der Waals surface area contributed by atoms with Gasteiger partial charge in [0.15, 0.2) is 11.5 Å². The van der Waals surface area contributed by atoms with Crippen molar-refractivity contribution in [3.8, 4) is 0 Å². The Morgan fingerprint density at radius 3 is 2.41 bits per heavy atom. The van der Waals surface area contributed by atoms with Crippen LogP contribution in [0.1, 0.15) is 20.8 Å². The minimum Gasteiger partial charge on any atom is -0.465 e. The fraction of sp³-hybridized carbons (Fsp3) is 0.100. The van der Waals surface area contributed by atoms with Crippen LogP contribution in [0.3, 0.4) is 0 Å². The summed E-state index contributed by atoms with van der Waals surface area (Å²) in [6, 6.07) is 19.5. The quantitative estimate of drug-likeness (QED) is 0.701. The van der Waals surface area contributed by atoms with Gasteiger partial charge >= 0.3 is 5.97 Å². The third-order valence-corrected chi connectivity index (χ3v) is 3.91. The van der Waals surface area contributed by atoms with Crippen LogP contribution in [0.2, 0.25) is 0 Å². The number of carbonyl (C=O) groups is 2. The van der Waals surface area contributed by atoms with Gasteiger partial charge < -0.3 is 15.0 Å². The minimum atomic E-state index is -0.473. The van der Waals surface area contributed by atoms with Crippen molar-refractivity contribution in [3.63, 3.8) is 0 Å². The smallest absolute Gasteiger partial charge is 0.337 e. The lowest BCUT2D eigenvalue weighted by Crippen LogP contribution is -2.17. The molecule has 0 aliphatic rings. The fourth-order valence-corrected chi connectivity index (χ4v) is 2.45. The Labute approximate surface area is 156 Å². The number of ether oxygens (including phenoxy) is 1. The first-order valence-electron chi connectivity index (χ1n) is 8.20. The van der Waals surface area contributed by atoms with Crippen molar-refractivity contribution < 1.29 is 14.3 Å². The fourth-order valence-electron chi connectivity index (χ4n) is 2.45. The minimum absolute atomic E-state index is 0.170. The summed E-state index contributed by atoms with van der Waals surface area (Å²) in [5, 5.41) is 10.8. The molecule has 0 fully saturated rings. The van der Waals surface area contributed by atoms with E-state index in [1.807, 2.05) is 42.3 Å². The monoisotopic (exact) mass is 362 g/mol. The third-order valence-electron chi connectivity index (χ3n) is 3.91. The Morgan fingerprint density at radius 1 is 0.963 bits per heavy atom. The van der Waals surface area contributed by atoms with Crippen LogP contribution in [0.15, 0.2) is 66.7 Å². The molecule has 1 N–H and O–H groups in total. The summed E-state index contributed by atoms with van der Waals surface area (Å²) in [6.07, 6.45) is 0. The molecular weight excluding hydrogens is 344 g/mol. The van der Waals surface area contributed by atoms with Crippen LogP contribution in [0.25, 0.3) is 0 Å². The van der Waals surface area contributed by atoms with E-state index < -0.39 is 11.9 Å². The number of hydrogen-bond donors (Lipinski definition) is 1. The summed E-state index contributed by atoms with van der Waals surface area (Å²) in [5.41, 5.74) is 1.95. The Hall–Kier alpha value is -3.74. The Bertz CT molecular complexity index is 943. The normalized spacial score (nSPS) is 10.1. The molecule has 136 valence electrons. The molecule has 1 amide bonds. The highest BCUT2D eigenvalue weighted by atomic mass is 16.5. The van der Waals surface area contributed by atoms with Crippen LogP contribution in [-0.4, -0.2) is 36.2 Å². The SMILES string of the molecule is COC(=O)c1cccc(NC(=O)c2ccc(N(C)c3ccccc3)nn2)c1. The van der Waals surface area contributed by atoms with Crippen molar-refractivity contribution in [2.24, 2.45) is 0 Å². The first kappa shape index (κ1) is 18.1. The van der Waals surface area contributed by atoms with E-state index in [-0.39, 0.29) is 5.69 Å². The lowest BCUT2D eigenvalue weighted by atomic mass is 10.2. The van der Waals surface area contributed by atoms with Crippen molar-refractivity contribution in [2.75, 3.05) is 24.4 Å². The summed E-state index contributed by atoms with van der Waals surface area (Å²) >= 11 is 0. The summed E-state index contributed by atoms with van der Waals surface area (Å²) < 4.78 is 4.67. The van der Waals surface area contributed by atoms with Crippen LogP contribution < -0.4 is 10.2 Å². The zero-order chi connectivity index (χ0) is 19.2. The summed E-state index contributed by atoms with van der Waals surface area (Å²) in [5.74, 6) is -0.275. The molecule has 0 spiro atoms. The van der Waals surface area contributed by atoms with Crippen molar-refractivity contribution in [3.05, 3.63) is 78.0 Å². The van der Waals surface area contributed by atoms with Gasteiger partial charge in [0.25, 0.3) is 5.91 Å². The molecule has 0 unspecified atom stereocenters. The summed E-state index contributed by atoms with van der Waals surface area (Å²) in [4.78, 5) is 25.8. The van der Waals surface area contributed by atoms with Crippen LogP contribution in [-0.2, 0) is 4.74 Å². The standard InChI is InChI=1S/C20H18N4O3/c1-24(16-9-4-3-5-10-16)18-12-11-17(22-23-18)19(25)21-15-8-6-7-14(13-15)20(26)27-2/h3-13H,1-2H3,(H,21,25). The molecule has 0 radical (unpaired) electrons. The Balaban J connectivity index is 1.72. The maximum Gasteiger partial charge on any atom is 0.337 e. The van der Waals surface area contributed by atoms with Crippen molar-refractivity contribution in [1.29, 1.82) is 0 Å². The average Bonchev–Trinajstić information content (AvgIpc) is 2.73.